The number of unbranched alkanes of at least 4 members (excludes halogenated alkanes) is 5. The SMILES string of the molecule is CCCCCCCCC(CC)C(C)(OC)OC. The molecule has 2 heteroatoms. The third-order valence-electron chi connectivity index (χ3n) is 3.95. The maximum Gasteiger partial charge on any atom is 0.167 e. The van der Waals surface area contributed by atoms with Crippen LogP contribution in [0, 0.1) is 5.92 Å². The van der Waals surface area contributed by atoms with Crippen molar-refractivity contribution < 1.29 is 9.47 Å². The third-order valence-corrected chi connectivity index (χ3v) is 3.95. The molecule has 17 heavy (non-hydrogen) atoms. The van der Waals surface area contributed by atoms with Crippen molar-refractivity contribution in [3.8, 4) is 0 Å². The molecule has 0 radical (unpaired) electrons. The Kier molecular flexibility index (Phi) is 9.85. The largest absolute Gasteiger partial charge is 0.353 e. The van der Waals surface area contributed by atoms with Crippen LogP contribution in [0.5, 0.6) is 0 Å². The molecular formula is C15H32O2. The molecule has 1 atom stereocenters. The number of hydrogen-bond acceptors (Lipinski definition) is 2. The molecule has 1 unspecified atom stereocenters. The smallest absolute Gasteiger partial charge is 0.167 e. The van der Waals surface area contributed by atoms with E-state index in [1.54, 1.807) is 14.2 Å². The van der Waals surface area contributed by atoms with E-state index in [1.165, 1.54) is 44.9 Å². The Labute approximate surface area is 108 Å². The molecule has 0 bridgehead atoms. The van der Waals surface area contributed by atoms with E-state index in [0.29, 0.717) is 5.92 Å². The van der Waals surface area contributed by atoms with Crippen LogP contribution in [-0.4, -0.2) is 20.0 Å². The van der Waals surface area contributed by atoms with E-state index in [-0.39, 0.29) is 0 Å². The minimum atomic E-state index is -0.405. The highest BCUT2D eigenvalue weighted by atomic mass is 16.7. The average molecular weight is 244 g/mol. The van der Waals surface area contributed by atoms with E-state index in [4.69, 9.17) is 9.47 Å². The zero-order valence-corrected chi connectivity index (χ0v) is 12.6. The molecule has 0 aliphatic rings. The fourth-order valence-electron chi connectivity index (χ4n) is 2.42. The lowest BCUT2D eigenvalue weighted by Gasteiger charge is -2.34. The van der Waals surface area contributed by atoms with Crippen molar-refractivity contribution in [3.63, 3.8) is 0 Å². The van der Waals surface area contributed by atoms with E-state index in [9.17, 15) is 0 Å². The van der Waals surface area contributed by atoms with Crippen molar-refractivity contribution in [2.45, 2.75) is 77.9 Å². The summed E-state index contributed by atoms with van der Waals surface area (Å²) in [4.78, 5) is 0. The number of ether oxygens (including phenoxy) is 2. The van der Waals surface area contributed by atoms with Crippen LogP contribution in [0.1, 0.15) is 72.1 Å². The van der Waals surface area contributed by atoms with Crippen molar-refractivity contribution in [3.05, 3.63) is 0 Å². The summed E-state index contributed by atoms with van der Waals surface area (Å²) in [6.07, 6.45) is 10.4. The molecule has 0 N–H and O–H groups in total. The molecule has 0 spiro atoms. The summed E-state index contributed by atoms with van der Waals surface area (Å²) in [7, 11) is 3.49. The first-order chi connectivity index (χ1) is 8.14. The average Bonchev–Trinajstić information content (AvgIpc) is 2.37. The van der Waals surface area contributed by atoms with Gasteiger partial charge in [0.25, 0.3) is 0 Å². The molecule has 0 saturated carbocycles. The minimum absolute atomic E-state index is 0.405. The van der Waals surface area contributed by atoms with Gasteiger partial charge in [-0.25, -0.2) is 0 Å². The van der Waals surface area contributed by atoms with Gasteiger partial charge >= 0.3 is 0 Å². The highest BCUT2D eigenvalue weighted by Crippen LogP contribution is 2.29. The van der Waals surface area contributed by atoms with Crippen LogP contribution >= 0.6 is 0 Å². The second kappa shape index (κ2) is 9.90. The van der Waals surface area contributed by atoms with Crippen molar-refractivity contribution in [2.24, 2.45) is 5.92 Å². The van der Waals surface area contributed by atoms with Gasteiger partial charge in [-0.2, -0.15) is 0 Å². The Bertz CT molecular complexity index is 164. The summed E-state index contributed by atoms with van der Waals surface area (Å²) in [6, 6.07) is 0. The van der Waals surface area contributed by atoms with Crippen molar-refractivity contribution >= 4 is 0 Å². The molecule has 0 aromatic rings. The maximum absolute atomic E-state index is 5.51. The molecule has 0 rings (SSSR count). The first kappa shape index (κ1) is 16.9. The third kappa shape index (κ3) is 6.42. The molecule has 0 saturated heterocycles. The first-order valence-electron chi connectivity index (χ1n) is 7.24. The summed E-state index contributed by atoms with van der Waals surface area (Å²) in [5, 5.41) is 0. The van der Waals surface area contributed by atoms with E-state index in [2.05, 4.69) is 20.8 Å². The Hall–Kier alpha value is -0.0800. The molecule has 0 fully saturated rings. The van der Waals surface area contributed by atoms with Crippen LogP contribution in [0.3, 0.4) is 0 Å². The maximum atomic E-state index is 5.51. The molecule has 0 aliphatic carbocycles. The molecule has 0 amide bonds. The topological polar surface area (TPSA) is 18.5 Å². The monoisotopic (exact) mass is 244 g/mol. The standard InChI is InChI=1S/C15H32O2/c1-6-8-9-10-11-12-13-14(7-2)15(3,16-4)17-5/h14H,6-13H2,1-5H3. The number of rotatable bonds is 11. The van der Waals surface area contributed by atoms with Crippen LogP contribution in [0.25, 0.3) is 0 Å². The van der Waals surface area contributed by atoms with Crippen LogP contribution in [0.15, 0.2) is 0 Å². The summed E-state index contributed by atoms with van der Waals surface area (Å²) in [5.41, 5.74) is 0. The van der Waals surface area contributed by atoms with Gasteiger partial charge in [-0.05, 0) is 19.8 Å². The fraction of sp³-hybridized carbons (Fsp3) is 1.00. The van der Waals surface area contributed by atoms with E-state index in [1.807, 2.05) is 0 Å². The fourth-order valence-corrected chi connectivity index (χ4v) is 2.42. The highest BCUT2D eigenvalue weighted by molar-refractivity contribution is 4.73. The summed E-state index contributed by atoms with van der Waals surface area (Å²) in [6.45, 7) is 6.53. The summed E-state index contributed by atoms with van der Waals surface area (Å²) >= 11 is 0. The summed E-state index contributed by atoms with van der Waals surface area (Å²) < 4.78 is 11.0. The van der Waals surface area contributed by atoms with E-state index >= 15 is 0 Å². The predicted octanol–water partition coefficient (Wildman–Crippen LogP) is 4.77. The van der Waals surface area contributed by atoms with E-state index in [0.717, 1.165) is 6.42 Å². The van der Waals surface area contributed by atoms with Crippen molar-refractivity contribution in [1.29, 1.82) is 0 Å². The van der Waals surface area contributed by atoms with Crippen LogP contribution in [0.4, 0.5) is 0 Å². The van der Waals surface area contributed by atoms with Crippen molar-refractivity contribution in [1.82, 2.24) is 0 Å². The van der Waals surface area contributed by atoms with Crippen LogP contribution in [-0.2, 0) is 9.47 Å². The Morgan fingerprint density at radius 1 is 0.882 bits per heavy atom. The zero-order valence-electron chi connectivity index (χ0n) is 12.6. The van der Waals surface area contributed by atoms with Gasteiger partial charge < -0.3 is 9.47 Å². The molecule has 0 aromatic carbocycles. The van der Waals surface area contributed by atoms with Gasteiger partial charge in [0, 0.05) is 20.1 Å². The lowest BCUT2D eigenvalue weighted by atomic mass is 9.90. The second-order valence-corrected chi connectivity index (χ2v) is 5.09. The van der Waals surface area contributed by atoms with Crippen LogP contribution < -0.4 is 0 Å². The van der Waals surface area contributed by atoms with Gasteiger partial charge in [-0.15, -0.1) is 0 Å². The molecular weight excluding hydrogens is 212 g/mol. The Balaban J connectivity index is 3.82. The number of hydrogen-bond donors (Lipinski definition) is 0. The quantitative estimate of drug-likeness (QED) is 0.385. The Morgan fingerprint density at radius 3 is 1.88 bits per heavy atom. The van der Waals surface area contributed by atoms with Crippen LogP contribution in [0.2, 0.25) is 0 Å². The lowest BCUT2D eigenvalue weighted by molar-refractivity contribution is -0.229. The van der Waals surface area contributed by atoms with Gasteiger partial charge in [0.1, 0.15) is 0 Å². The van der Waals surface area contributed by atoms with E-state index < -0.39 is 5.79 Å². The van der Waals surface area contributed by atoms with Crippen molar-refractivity contribution in [2.75, 3.05) is 14.2 Å². The predicted molar refractivity (Wildman–Crippen MR) is 74.2 cm³/mol. The van der Waals surface area contributed by atoms with Gasteiger partial charge in [0.05, 0.1) is 0 Å². The van der Waals surface area contributed by atoms with Gasteiger partial charge in [0.2, 0.25) is 0 Å². The molecule has 0 aliphatic heterocycles. The normalized spacial score (nSPS) is 13.9. The summed E-state index contributed by atoms with van der Waals surface area (Å²) in [5.74, 6) is 0.0988. The second-order valence-electron chi connectivity index (χ2n) is 5.09. The van der Waals surface area contributed by atoms with Gasteiger partial charge in [-0.3, -0.25) is 0 Å². The van der Waals surface area contributed by atoms with Gasteiger partial charge in [0.15, 0.2) is 5.79 Å². The zero-order chi connectivity index (χ0) is 13.1. The molecule has 2 nitrogen and oxygen atoms in total. The molecule has 0 aromatic heterocycles. The molecule has 0 heterocycles. The first-order valence-corrected chi connectivity index (χ1v) is 7.24. The molecule has 104 valence electrons. The van der Waals surface area contributed by atoms with Gasteiger partial charge in [-0.1, -0.05) is 52.4 Å². The lowest BCUT2D eigenvalue weighted by Crippen LogP contribution is -2.38. The Morgan fingerprint density at radius 2 is 1.41 bits per heavy atom. The number of methoxy groups -OCH3 is 2. The highest BCUT2D eigenvalue weighted by Gasteiger charge is 2.32. The minimum Gasteiger partial charge on any atom is -0.353 e.